The van der Waals surface area contributed by atoms with E-state index in [1.54, 1.807) is 12.1 Å². The van der Waals surface area contributed by atoms with E-state index in [2.05, 4.69) is 0 Å². The summed E-state index contributed by atoms with van der Waals surface area (Å²) in [4.78, 5) is 0. The summed E-state index contributed by atoms with van der Waals surface area (Å²) in [6, 6.07) is 5.42. The Kier molecular flexibility index (Phi) is 4.69. The first kappa shape index (κ1) is 13.2. The molecule has 1 atom stereocenters. The molecule has 0 amide bonds. The van der Waals surface area contributed by atoms with E-state index in [1.807, 2.05) is 6.07 Å². The third-order valence-corrected chi connectivity index (χ3v) is 3.99. The van der Waals surface area contributed by atoms with Crippen molar-refractivity contribution in [1.82, 2.24) is 0 Å². The summed E-state index contributed by atoms with van der Waals surface area (Å²) in [6.07, 6.45) is 1.94. The van der Waals surface area contributed by atoms with Gasteiger partial charge in [-0.15, -0.1) is 0 Å². The second-order valence-electron chi connectivity index (χ2n) is 4.42. The maximum Gasteiger partial charge on any atom is 0.0611 e. The number of halogens is 2. The minimum absolute atomic E-state index is 0.288. The fourth-order valence-corrected chi connectivity index (χ4v) is 2.76. The first-order chi connectivity index (χ1) is 8.18. The monoisotopic (exact) mass is 274 g/mol. The van der Waals surface area contributed by atoms with Gasteiger partial charge in [-0.1, -0.05) is 29.3 Å². The average molecular weight is 275 g/mol. The molecule has 94 valence electrons. The van der Waals surface area contributed by atoms with Gasteiger partial charge in [-0.25, -0.2) is 0 Å². The van der Waals surface area contributed by atoms with Gasteiger partial charge in [0.05, 0.1) is 6.10 Å². The van der Waals surface area contributed by atoms with E-state index < -0.39 is 6.10 Å². The van der Waals surface area contributed by atoms with Gasteiger partial charge < -0.3 is 9.84 Å². The molecule has 2 rings (SSSR count). The van der Waals surface area contributed by atoms with Gasteiger partial charge in [-0.2, -0.15) is 0 Å². The minimum atomic E-state index is -0.392. The van der Waals surface area contributed by atoms with Crippen molar-refractivity contribution in [3.05, 3.63) is 33.8 Å². The molecule has 2 nitrogen and oxygen atoms in total. The Hall–Kier alpha value is -0.280. The van der Waals surface area contributed by atoms with E-state index in [9.17, 15) is 5.11 Å². The maximum atomic E-state index is 10.2. The van der Waals surface area contributed by atoms with Crippen LogP contribution in [0.2, 0.25) is 10.0 Å². The zero-order valence-corrected chi connectivity index (χ0v) is 11.0. The van der Waals surface area contributed by atoms with Gasteiger partial charge in [0.1, 0.15) is 0 Å². The Morgan fingerprint density at radius 3 is 2.41 bits per heavy atom. The quantitative estimate of drug-likeness (QED) is 0.916. The van der Waals surface area contributed by atoms with Crippen LogP contribution in [0.25, 0.3) is 0 Å². The van der Waals surface area contributed by atoms with Crippen LogP contribution in [0, 0.1) is 5.92 Å². The normalized spacial score (nSPS) is 19.2. The van der Waals surface area contributed by atoms with Crippen LogP contribution in [0.5, 0.6) is 0 Å². The summed E-state index contributed by atoms with van der Waals surface area (Å²) >= 11 is 12.2. The smallest absolute Gasteiger partial charge is 0.0611 e. The van der Waals surface area contributed by atoms with Crippen molar-refractivity contribution in [3.63, 3.8) is 0 Å². The van der Waals surface area contributed by atoms with Crippen molar-refractivity contribution >= 4 is 23.2 Å². The number of hydrogen-bond donors (Lipinski definition) is 1. The van der Waals surface area contributed by atoms with Crippen molar-refractivity contribution in [2.45, 2.75) is 25.4 Å². The van der Waals surface area contributed by atoms with Gasteiger partial charge in [0.2, 0.25) is 0 Å². The van der Waals surface area contributed by atoms with Gasteiger partial charge in [0, 0.05) is 29.7 Å². The lowest BCUT2D eigenvalue weighted by Gasteiger charge is -2.27. The molecule has 0 radical (unpaired) electrons. The molecule has 1 saturated heterocycles. The van der Waals surface area contributed by atoms with Crippen LogP contribution in [0.3, 0.4) is 0 Å². The lowest BCUT2D eigenvalue weighted by Crippen LogP contribution is -2.29. The molecule has 1 heterocycles. The molecule has 1 N–H and O–H groups in total. The highest BCUT2D eigenvalue weighted by Crippen LogP contribution is 2.29. The molecule has 1 fully saturated rings. The van der Waals surface area contributed by atoms with Crippen LogP contribution in [0.15, 0.2) is 18.2 Å². The van der Waals surface area contributed by atoms with Crippen molar-refractivity contribution < 1.29 is 9.84 Å². The molecule has 0 aliphatic carbocycles. The second kappa shape index (κ2) is 6.05. The van der Waals surface area contributed by atoms with E-state index in [4.69, 9.17) is 27.9 Å². The summed E-state index contributed by atoms with van der Waals surface area (Å²) in [5.74, 6) is 0.288. The molecule has 1 aromatic rings. The molecule has 17 heavy (non-hydrogen) atoms. The number of aliphatic hydroxyl groups excluding tert-OH is 1. The summed E-state index contributed by atoms with van der Waals surface area (Å²) in [5.41, 5.74) is 0.842. The first-order valence-electron chi connectivity index (χ1n) is 5.87. The van der Waals surface area contributed by atoms with Crippen LogP contribution < -0.4 is 0 Å². The number of aliphatic hydroxyl groups is 1. The predicted octanol–water partition coefficient (Wildman–Crippen LogP) is 3.32. The fraction of sp³-hybridized carbons (Fsp3) is 0.538. The lowest BCUT2D eigenvalue weighted by molar-refractivity contribution is 0.00841. The maximum absolute atomic E-state index is 10.2. The fourth-order valence-electron chi connectivity index (χ4n) is 2.20. The Labute approximate surface area is 111 Å². The Balaban J connectivity index is 2.04. The number of rotatable bonds is 3. The second-order valence-corrected chi connectivity index (χ2v) is 5.24. The molecule has 1 aliphatic rings. The largest absolute Gasteiger partial charge is 0.392 e. The zero-order chi connectivity index (χ0) is 12.3. The van der Waals surface area contributed by atoms with E-state index in [1.165, 1.54) is 0 Å². The molecule has 0 saturated carbocycles. The first-order valence-corrected chi connectivity index (χ1v) is 6.63. The van der Waals surface area contributed by atoms with Crippen LogP contribution in [-0.2, 0) is 11.2 Å². The summed E-state index contributed by atoms with van der Waals surface area (Å²) in [7, 11) is 0. The van der Waals surface area contributed by atoms with E-state index in [-0.39, 0.29) is 5.92 Å². The van der Waals surface area contributed by atoms with Gasteiger partial charge in [0.25, 0.3) is 0 Å². The minimum Gasteiger partial charge on any atom is -0.392 e. The molecular formula is C13H16Cl2O2. The summed E-state index contributed by atoms with van der Waals surface area (Å²) < 4.78 is 5.28. The predicted molar refractivity (Wildman–Crippen MR) is 69.7 cm³/mol. The Morgan fingerprint density at radius 2 is 1.82 bits per heavy atom. The van der Waals surface area contributed by atoms with Gasteiger partial charge in [-0.05, 0) is 36.5 Å². The van der Waals surface area contributed by atoms with Crippen LogP contribution in [0.4, 0.5) is 0 Å². The third-order valence-electron chi connectivity index (χ3n) is 3.29. The summed E-state index contributed by atoms with van der Waals surface area (Å²) in [6.45, 7) is 1.47. The highest BCUT2D eigenvalue weighted by Gasteiger charge is 2.23. The standard InChI is InChI=1S/C13H16Cl2O2/c14-11-2-1-3-12(15)10(11)8-13(16)9-4-6-17-7-5-9/h1-3,9,13,16H,4-8H2. The van der Waals surface area contributed by atoms with E-state index in [0.29, 0.717) is 16.5 Å². The molecule has 1 aromatic carbocycles. The molecular weight excluding hydrogens is 259 g/mol. The van der Waals surface area contributed by atoms with Crippen LogP contribution >= 0.6 is 23.2 Å². The topological polar surface area (TPSA) is 29.5 Å². The van der Waals surface area contributed by atoms with E-state index >= 15 is 0 Å². The van der Waals surface area contributed by atoms with E-state index in [0.717, 1.165) is 31.6 Å². The van der Waals surface area contributed by atoms with Crippen molar-refractivity contribution in [2.24, 2.45) is 5.92 Å². The molecule has 1 aliphatic heterocycles. The third kappa shape index (κ3) is 3.35. The van der Waals surface area contributed by atoms with Gasteiger partial charge in [-0.3, -0.25) is 0 Å². The average Bonchev–Trinajstić information content (AvgIpc) is 2.35. The molecule has 0 bridgehead atoms. The van der Waals surface area contributed by atoms with Crippen LogP contribution in [0.1, 0.15) is 18.4 Å². The van der Waals surface area contributed by atoms with Crippen LogP contribution in [-0.4, -0.2) is 24.4 Å². The SMILES string of the molecule is OC(Cc1c(Cl)cccc1Cl)C1CCOCC1. The number of hydrogen-bond acceptors (Lipinski definition) is 2. The molecule has 1 unspecified atom stereocenters. The zero-order valence-electron chi connectivity index (χ0n) is 9.53. The van der Waals surface area contributed by atoms with Crippen molar-refractivity contribution in [2.75, 3.05) is 13.2 Å². The van der Waals surface area contributed by atoms with Crippen molar-refractivity contribution in [1.29, 1.82) is 0 Å². The van der Waals surface area contributed by atoms with Gasteiger partial charge >= 0.3 is 0 Å². The van der Waals surface area contributed by atoms with Gasteiger partial charge in [0.15, 0.2) is 0 Å². The Morgan fingerprint density at radius 1 is 1.24 bits per heavy atom. The number of ether oxygens (including phenoxy) is 1. The highest BCUT2D eigenvalue weighted by atomic mass is 35.5. The molecule has 0 spiro atoms. The number of benzene rings is 1. The highest BCUT2D eigenvalue weighted by molar-refractivity contribution is 6.35. The lowest BCUT2D eigenvalue weighted by atomic mass is 9.90. The molecule has 4 heteroatoms. The molecule has 0 aromatic heterocycles. The van der Waals surface area contributed by atoms with Crippen molar-refractivity contribution in [3.8, 4) is 0 Å². The Bertz CT molecular complexity index is 355. The summed E-state index contributed by atoms with van der Waals surface area (Å²) in [5, 5.41) is 11.5.